The van der Waals surface area contributed by atoms with Crippen LogP contribution in [0.3, 0.4) is 0 Å². The van der Waals surface area contributed by atoms with Crippen LogP contribution in [0.5, 0.6) is 0 Å². The van der Waals surface area contributed by atoms with Crippen LogP contribution in [-0.4, -0.2) is 14.5 Å². The summed E-state index contributed by atoms with van der Waals surface area (Å²) in [6.45, 7) is 1.93. The second-order valence-corrected chi connectivity index (χ2v) is 6.69. The highest BCUT2D eigenvalue weighted by molar-refractivity contribution is 7.86. The summed E-state index contributed by atoms with van der Waals surface area (Å²) in [6.07, 6.45) is 6.06. The molecular weight excluding hydrogens is 248 g/mol. The first kappa shape index (κ1) is 11.9. The topological polar surface area (TPSA) is 43.4 Å². The van der Waals surface area contributed by atoms with Crippen LogP contribution in [0.4, 0.5) is 0 Å². The Labute approximate surface area is 108 Å². The Morgan fingerprint density at radius 3 is 2.11 bits per heavy atom. The molecule has 1 fully saturated rings. The van der Waals surface area contributed by atoms with Gasteiger partial charge in [-0.05, 0) is 31.9 Å². The second-order valence-electron chi connectivity index (χ2n) is 5.12. The maximum atomic E-state index is 12.2. The predicted octanol–water partition coefficient (Wildman–Crippen LogP) is 2.66. The number of hydrogen-bond acceptors (Lipinski definition) is 3. The number of fused-ring (bicyclic) bond motifs is 2. The normalized spacial score (nSPS) is 29.9. The van der Waals surface area contributed by atoms with Crippen LogP contribution in [0.2, 0.25) is 0 Å². The Morgan fingerprint density at radius 1 is 1.06 bits per heavy atom. The minimum atomic E-state index is -3.63. The van der Waals surface area contributed by atoms with Gasteiger partial charge >= 0.3 is 0 Å². The van der Waals surface area contributed by atoms with Crippen molar-refractivity contribution in [3.8, 4) is 0 Å². The van der Waals surface area contributed by atoms with E-state index in [2.05, 4.69) is 12.2 Å². The Hall–Kier alpha value is -1.13. The smallest absolute Gasteiger partial charge is 0.262 e. The number of hydrogen-bond donors (Lipinski definition) is 0. The first-order valence-electron chi connectivity index (χ1n) is 6.24. The third-order valence-corrected chi connectivity index (χ3v) is 5.16. The van der Waals surface area contributed by atoms with E-state index in [1.54, 1.807) is 24.3 Å². The van der Waals surface area contributed by atoms with Gasteiger partial charge in [0.25, 0.3) is 10.1 Å². The van der Waals surface area contributed by atoms with Crippen molar-refractivity contribution in [2.75, 3.05) is 0 Å². The fraction of sp³-hybridized carbons (Fsp3) is 0.429. The van der Waals surface area contributed by atoms with E-state index in [-0.39, 0.29) is 22.8 Å². The molecule has 4 heteroatoms. The lowest BCUT2D eigenvalue weighted by molar-refractivity contribution is 0.172. The van der Waals surface area contributed by atoms with Crippen LogP contribution >= 0.6 is 0 Å². The van der Waals surface area contributed by atoms with Gasteiger partial charge in [0.15, 0.2) is 0 Å². The summed E-state index contributed by atoms with van der Waals surface area (Å²) in [5, 5.41) is 0. The standard InChI is InChI=1S/C14H16O3S/c1-10-2-8-13(9-3-10)18(15,16)17-14-11-4-5-12(14)7-6-11/h2-5,8-9,11-12,14H,6-7H2,1H3/t11-,12-/m1/s1. The van der Waals surface area contributed by atoms with Crippen molar-refractivity contribution < 1.29 is 12.6 Å². The quantitative estimate of drug-likeness (QED) is 0.622. The van der Waals surface area contributed by atoms with Gasteiger partial charge < -0.3 is 0 Å². The molecule has 1 aromatic carbocycles. The first-order valence-corrected chi connectivity index (χ1v) is 7.65. The Kier molecular flexibility index (Phi) is 2.79. The number of aryl methyl sites for hydroxylation is 1. The van der Waals surface area contributed by atoms with Gasteiger partial charge in [-0.15, -0.1) is 0 Å². The molecule has 0 heterocycles. The molecule has 0 unspecified atom stereocenters. The van der Waals surface area contributed by atoms with Crippen molar-refractivity contribution in [3.05, 3.63) is 42.0 Å². The monoisotopic (exact) mass is 264 g/mol. The molecule has 2 aliphatic rings. The van der Waals surface area contributed by atoms with Gasteiger partial charge in [0.05, 0.1) is 11.0 Å². The molecule has 1 aromatic rings. The molecule has 2 atom stereocenters. The summed E-state index contributed by atoms with van der Waals surface area (Å²) in [5.41, 5.74) is 1.04. The van der Waals surface area contributed by atoms with Crippen molar-refractivity contribution in [3.63, 3.8) is 0 Å². The summed E-state index contributed by atoms with van der Waals surface area (Å²) < 4.78 is 29.8. The molecule has 3 rings (SSSR count). The number of rotatable bonds is 3. The fourth-order valence-electron chi connectivity index (χ4n) is 2.78. The van der Waals surface area contributed by atoms with Crippen LogP contribution in [0.25, 0.3) is 0 Å². The molecule has 3 nitrogen and oxygen atoms in total. The Bertz CT molecular complexity index is 558. The van der Waals surface area contributed by atoms with Crippen LogP contribution < -0.4 is 0 Å². The lowest BCUT2D eigenvalue weighted by Gasteiger charge is -2.16. The summed E-state index contributed by atoms with van der Waals surface area (Å²) in [4.78, 5) is 0.249. The summed E-state index contributed by atoms with van der Waals surface area (Å²) in [6, 6.07) is 6.79. The van der Waals surface area contributed by atoms with Crippen molar-refractivity contribution in [2.24, 2.45) is 11.8 Å². The highest BCUT2D eigenvalue weighted by Gasteiger charge is 2.41. The minimum absolute atomic E-state index is 0.184. The molecule has 2 aliphatic carbocycles. The molecular formula is C14H16O3S. The largest absolute Gasteiger partial charge is 0.297 e. The molecule has 0 saturated heterocycles. The maximum Gasteiger partial charge on any atom is 0.297 e. The molecule has 96 valence electrons. The van der Waals surface area contributed by atoms with Gasteiger partial charge in [-0.25, -0.2) is 0 Å². The third kappa shape index (κ3) is 1.99. The van der Waals surface area contributed by atoms with E-state index in [0.717, 1.165) is 18.4 Å². The van der Waals surface area contributed by atoms with Crippen LogP contribution in [0.15, 0.2) is 41.3 Å². The zero-order chi connectivity index (χ0) is 12.8. The van der Waals surface area contributed by atoms with Gasteiger partial charge in [-0.2, -0.15) is 8.42 Å². The molecule has 0 spiro atoms. The average molecular weight is 264 g/mol. The summed E-state index contributed by atoms with van der Waals surface area (Å²) >= 11 is 0. The molecule has 0 radical (unpaired) electrons. The fourth-order valence-corrected chi connectivity index (χ4v) is 3.94. The van der Waals surface area contributed by atoms with Gasteiger partial charge in [0.1, 0.15) is 0 Å². The van der Waals surface area contributed by atoms with Crippen molar-refractivity contribution in [2.45, 2.75) is 30.8 Å². The van der Waals surface area contributed by atoms with Gasteiger partial charge in [0.2, 0.25) is 0 Å². The SMILES string of the molecule is Cc1ccc(S(=O)(=O)OC2[C@@H]3C=C[C@@H]2CC3)cc1. The van der Waals surface area contributed by atoms with Crippen molar-refractivity contribution >= 4 is 10.1 Å². The van der Waals surface area contributed by atoms with E-state index >= 15 is 0 Å². The minimum Gasteiger partial charge on any atom is -0.262 e. The second kappa shape index (κ2) is 4.21. The highest BCUT2D eigenvalue weighted by Crippen LogP contribution is 2.42. The van der Waals surface area contributed by atoms with Gasteiger partial charge in [-0.1, -0.05) is 29.8 Å². The maximum absolute atomic E-state index is 12.2. The van der Waals surface area contributed by atoms with Crippen LogP contribution in [-0.2, 0) is 14.3 Å². The Balaban J connectivity index is 1.82. The van der Waals surface area contributed by atoms with Crippen LogP contribution in [0.1, 0.15) is 18.4 Å². The zero-order valence-electron chi connectivity index (χ0n) is 10.2. The van der Waals surface area contributed by atoms with Crippen molar-refractivity contribution in [1.29, 1.82) is 0 Å². The molecule has 2 bridgehead atoms. The van der Waals surface area contributed by atoms with E-state index in [1.807, 2.05) is 6.92 Å². The summed E-state index contributed by atoms with van der Waals surface area (Å²) in [5.74, 6) is 0.547. The average Bonchev–Trinajstić information content (AvgIpc) is 2.89. The first-order chi connectivity index (χ1) is 8.56. The number of benzene rings is 1. The molecule has 0 amide bonds. The van der Waals surface area contributed by atoms with E-state index in [1.165, 1.54) is 0 Å². The lowest BCUT2D eigenvalue weighted by atomic mass is 10.1. The molecule has 18 heavy (non-hydrogen) atoms. The van der Waals surface area contributed by atoms with E-state index in [4.69, 9.17) is 4.18 Å². The highest BCUT2D eigenvalue weighted by atomic mass is 32.2. The van der Waals surface area contributed by atoms with E-state index in [9.17, 15) is 8.42 Å². The van der Waals surface area contributed by atoms with E-state index in [0.29, 0.717) is 0 Å². The van der Waals surface area contributed by atoms with Gasteiger partial charge in [0, 0.05) is 11.8 Å². The summed E-state index contributed by atoms with van der Waals surface area (Å²) in [7, 11) is -3.63. The molecule has 1 saturated carbocycles. The molecule has 0 aliphatic heterocycles. The Morgan fingerprint density at radius 2 is 1.61 bits per heavy atom. The van der Waals surface area contributed by atoms with Crippen molar-refractivity contribution in [1.82, 2.24) is 0 Å². The van der Waals surface area contributed by atoms with Gasteiger partial charge in [-0.3, -0.25) is 4.18 Å². The zero-order valence-corrected chi connectivity index (χ0v) is 11.1. The van der Waals surface area contributed by atoms with Crippen LogP contribution in [0, 0.1) is 18.8 Å². The third-order valence-electron chi connectivity index (χ3n) is 3.83. The molecule has 0 aromatic heterocycles. The molecule has 0 N–H and O–H groups in total. The van der Waals surface area contributed by atoms with E-state index < -0.39 is 10.1 Å². The predicted molar refractivity (Wildman–Crippen MR) is 68.6 cm³/mol. The lowest BCUT2D eigenvalue weighted by Crippen LogP contribution is -2.23.